The predicted octanol–water partition coefficient (Wildman–Crippen LogP) is 2.67. The Balaban J connectivity index is 1.73. The standard InChI is InChI=1S/C20H23N5O3S/c1-24(2)29(27,28)14-9-10-18(25-11-5-6-12-25)15(13-14)19(26)23-20-21-16-7-3-4-8-17(16)22-20/h3-4,7-10,13H,5-6,11-12H2,1-2H3,(H2,21,22,23,26). The first-order valence-electron chi connectivity index (χ1n) is 9.44. The number of carbonyl (C=O) groups excluding carboxylic acids is 1. The molecule has 9 heteroatoms. The number of H-pyrrole nitrogens is 1. The van der Waals surface area contributed by atoms with Crippen LogP contribution in [0.3, 0.4) is 0 Å². The zero-order valence-electron chi connectivity index (χ0n) is 16.3. The van der Waals surface area contributed by atoms with E-state index in [2.05, 4.69) is 20.2 Å². The first-order valence-corrected chi connectivity index (χ1v) is 10.9. The van der Waals surface area contributed by atoms with E-state index in [1.807, 2.05) is 24.3 Å². The molecular weight excluding hydrogens is 390 g/mol. The summed E-state index contributed by atoms with van der Waals surface area (Å²) in [5, 5.41) is 2.78. The molecule has 1 saturated heterocycles. The number of rotatable bonds is 5. The van der Waals surface area contributed by atoms with E-state index in [0.717, 1.165) is 47.0 Å². The van der Waals surface area contributed by atoms with Gasteiger partial charge >= 0.3 is 0 Å². The second-order valence-corrected chi connectivity index (χ2v) is 9.37. The van der Waals surface area contributed by atoms with Crippen molar-refractivity contribution < 1.29 is 13.2 Å². The zero-order chi connectivity index (χ0) is 20.6. The number of amides is 1. The fourth-order valence-electron chi connectivity index (χ4n) is 3.49. The smallest absolute Gasteiger partial charge is 0.260 e. The summed E-state index contributed by atoms with van der Waals surface area (Å²) in [6.45, 7) is 1.68. The summed E-state index contributed by atoms with van der Waals surface area (Å²) in [5.74, 6) is -0.0776. The number of para-hydroxylation sites is 2. The van der Waals surface area contributed by atoms with Crippen LogP contribution in [0.5, 0.6) is 0 Å². The highest BCUT2D eigenvalue weighted by Gasteiger charge is 2.25. The third kappa shape index (κ3) is 3.70. The van der Waals surface area contributed by atoms with Gasteiger partial charge in [0.2, 0.25) is 16.0 Å². The van der Waals surface area contributed by atoms with Gasteiger partial charge < -0.3 is 9.88 Å². The normalized spacial score (nSPS) is 14.7. The molecule has 1 aromatic heterocycles. The maximum Gasteiger partial charge on any atom is 0.260 e. The Hall–Kier alpha value is -2.91. The van der Waals surface area contributed by atoms with Crippen LogP contribution in [0.1, 0.15) is 23.2 Å². The SMILES string of the molecule is CN(C)S(=O)(=O)c1ccc(N2CCCC2)c(C(=O)Nc2nc3ccccc3[nH]2)c1. The van der Waals surface area contributed by atoms with Gasteiger partial charge in [-0.05, 0) is 43.2 Å². The summed E-state index contributed by atoms with van der Waals surface area (Å²) in [6.07, 6.45) is 2.09. The Morgan fingerprint density at radius 3 is 2.55 bits per heavy atom. The van der Waals surface area contributed by atoms with E-state index in [-0.39, 0.29) is 4.90 Å². The van der Waals surface area contributed by atoms with Gasteiger partial charge in [0, 0.05) is 32.9 Å². The number of benzene rings is 2. The van der Waals surface area contributed by atoms with Gasteiger partial charge in [0.1, 0.15) is 0 Å². The largest absolute Gasteiger partial charge is 0.371 e. The maximum atomic E-state index is 13.1. The van der Waals surface area contributed by atoms with Gasteiger partial charge in [0.05, 0.1) is 21.5 Å². The minimum absolute atomic E-state index is 0.0835. The second kappa shape index (κ2) is 7.49. The molecule has 1 aliphatic rings. The van der Waals surface area contributed by atoms with E-state index in [9.17, 15) is 13.2 Å². The van der Waals surface area contributed by atoms with E-state index in [0.29, 0.717) is 11.5 Å². The van der Waals surface area contributed by atoms with Crippen molar-refractivity contribution in [2.24, 2.45) is 0 Å². The van der Waals surface area contributed by atoms with Gasteiger partial charge in [-0.15, -0.1) is 0 Å². The molecule has 2 N–H and O–H groups in total. The Bertz CT molecular complexity index is 1130. The van der Waals surface area contributed by atoms with Gasteiger partial charge in [0.15, 0.2) is 0 Å². The summed E-state index contributed by atoms with van der Waals surface area (Å²) >= 11 is 0. The fraction of sp³-hybridized carbons (Fsp3) is 0.300. The molecule has 1 aliphatic heterocycles. The Morgan fingerprint density at radius 1 is 1.14 bits per heavy atom. The van der Waals surface area contributed by atoms with Crippen LogP contribution in [0, 0.1) is 0 Å². The van der Waals surface area contributed by atoms with Crippen LogP contribution in [-0.4, -0.2) is 55.8 Å². The minimum Gasteiger partial charge on any atom is -0.371 e. The molecule has 8 nitrogen and oxygen atoms in total. The summed E-state index contributed by atoms with van der Waals surface area (Å²) in [6, 6.07) is 12.2. The molecular formula is C20H23N5O3S. The maximum absolute atomic E-state index is 13.1. The molecule has 152 valence electrons. The average Bonchev–Trinajstić information content (AvgIpc) is 3.36. The van der Waals surface area contributed by atoms with Crippen molar-refractivity contribution in [1.82, 2.24) is 14.3 Å². The van der Waals surface area contributed by atoms with Crippen molar-refractivity contribution in [2.45, 2.75) is 17.7 Å². The second-order valence-electron chi connectivity index (χ2n) is 7.22. The zero-order valence-corrected chi connectivity index (χ0v) is 17.2. The molecule has 0 saturated carbocycles. The third-order valence-corrected chi connectivity index (χ3v) is 6.87. The number of aromatic nitrogens is 2. The lowest BCUT2D eigenvalue weighted by Crippen LogP contribution is -2.25. The lowest BCUT2D eigenvalue weighted by molar-refractivity contribution is 0.102. The van der Waals surface area contributed by atoms with E-state index >= 15 is 0 Å². The number of sulfonamides is 1. The number of anilines is 2. The quantitative estimate of drug-likeness (QED) is 0.670. The first-order chi connectivity index (χ1) is 13.9. The van der Waals surface area contributed by atoms with Crippen LogP contribution in [0.4, 0.5) is 11.6 Å². The van der Waals surface area contributed by atoms with Crippen LogP contribution >= 0.6 is 0 Å². The van der Waals surface area contributed by atoms with Crippen molar-refractivity contribution in [2.75, 3.05) is 37.4 Å². The Labute approximate surface area is 169 Å². The molecule has 4 rings (SSSR count). The summed E-state index contributed by atoms with van der Waals surface area (Å²) in [5.41, 5.74) is 2.60. The molecule has 0 spiro atoms. The van der Waals surface area contributed by atoms with Crippen molar-refractivity contribution in [3.63, 3.8) is 0 Å². The molecule has 0 aliphatic carbocycles. The Morgan fingerprint density at radius 2 is 1.86 bits per heavy atom. The number of carbonyl (C=O) groups is 1. The predicted molar refractivity (Wildman–Crippen MR) is 113 cm³/mol. The molecule has 29 heavy (non-hydrogen) atoms. The summed E-state index contributed by atoms with van der Waals surface area (Å²) in [7, 11) is -0.715. The van der Waals surface area contributed by atoms with E-state index < -0.39 is 15.9 Å². The van der Waals surface area contributed by atoms with Gasteiger partial charge in [-0.1, -0.05) is 12.1 Å². The number of nitrogens with one attached hydrogen (secondary N) is 2. The van der Waals surface area contributed by atoms with Crippen LogP contribution < -0.4 is 10.2 Å². The fourth-order valence-corrected chi connectivity index (χ4v) is 4.42. The molecule has 0 unspecified atom stereocenters. The first kappa shape index (κ1) is 19.4. The lowest BCUT2D eigenvalue weighted by atomic mass is 10.1. The molecule has 1 amide bonds. The van der Waals surface area contributed by atoms with Crippen LogP contribution in [-0.2, 0) is 10.0 Å². The molecule has 0 atom stereocenters. The minimum atomic E-state index is -3.66. The van der Waals surface area contributed by atoms with E-state index in [1.165, 1.54) is 20.2 Å². The van der Waals surface area contributed by atoms with Gasteiger partial charge in [-0.2, -0.15) is 0 Å². The Kier molecular flexibility index (Phi) is 5.01. The monoisotopic (exact) mass is 413 g/mol. The third-order valence-electron chi connectivity index (χ3n) is 5.06. The number of fused-ring (bicyclic) bond motifs is 1. The molecule has 2 aromatic carbocycles. The van der Waals surface area contributed by atoms with Crippen molar-refractivity contribution in [3.05, 3.63) is 48.0 Å². The van der Waals surface area contributed by atoms with Crippen molar-refractivity contribution >= 4 is 38.6 Å². The van der Waals surface area contributed by atoms with Crippen molar-refractivity contribution in [1.29, 1.82) is 0 Å². The molecule has 0 bridgehead atoms. The summed E-state index contributed by atoms with van der Waals surface area (Å²) in [4.78, 5) is 22.7. The van der Waals surface area contributed by atoms with Crippen LogP contribution in [0.2, 0.25) is 0 Å². The highest BCUT2D eigenvalue weighted by atomic mass is 32.2. The highest BCUT2D eigenvalue weighted by Crippen LogP contribution is 2.29. The molecule has 1 fully saturated rings. The van der Waals surface area contributed by atoms with Crippen molar-refractivity contribution in [3.8, 4) is 0 Å². The number of aromatic amines is 1. The van der Waals surface area contributed by atoms with E-state index in [1.54, 1.807) is 12.1 Å². The van der Waals surface area contributed by atoms with Gasteiger partial charge in [-0.25, -0.2) is 17.7 Å². The number of nitrogens with zero attached hydrogens (tertiary/aromatic N) is 3. The topological polar surface area (TPSA) is 98.4 Å². The van der Waals surface area contributed by atoms with E-state index in [4.69, 9.17) is 0 Å². The lowest BCUT2D eigenvalue weighted by Gasteiger charge is -2.22. The summed E-state index contributed by atoms with van der Waals surface area (Å²) < 4.78 is 26.3. The number of imidazole rings is 1. The van der Waals surface area contributed by atoms with Crippen LogP contribution in [0.25, 0.3) is 11.0 Å². The molecule has 2 heterocycles. The highest BCUT2D eigenvalue weighted by molar-refractivity contribution is 7.89. The molecule has 0 radical (unpaired) electrons. The van der Waals surface area contributed by atoms with Gasteiger partial charge in [0.25, 0.3) is 5.91 Å². The number of hydrogen-bond acceptors (Lipinski definition) is 5. The number of hydrogen-bond donors (Lipinski definition) is 2. The van der Waals surface area contributed by atoms with Gasteiger partial charge in [-0.3, -0.25) is 10.1 Å². The average molecular weight is 414 g/mol. The molecule has 3 aromatic rings. The van der Waals surface area contributed by atoms with Crippen LogP contribution in [0.15, 0.2) is 47.4 Å².